The van der Waals surface area contributed by atoms with Crippen molar-refractivity contribution in [2.75, 3.05) is 6.54 Å². The zero-order chi connectivity index (χ0) is 17.2. The molecule has 6 heteroatoms. The SMILES string of the molecule is Fc1ccc(CN2CCc3nc(-c4ccc(Cl)cc4)ncc3C2)cn1. The Balaban J connectivity index is 1.50. The van der Waals surface area contributed by atoms with E-state index in [1.54, 1.807) is 12.3 Å². The summed E-state index contributed by atoms with van der Waals surface area (Å²) >= 11 is 5.93. The summed E-state index contributed by atoms with van der Waals surface area (Å²) in [5.74, 6) is 0.280. The Hall–Kier alpha value is -2.37. The van der Waals surface area contributed by atoms with Gasteiger partial charge < -0.3 is 0 Å². The maximum absolute atomic E-state index is 12.9. The molecular formula is C19H16ClFN4. The highest BCUT2D eigenvalue weighted by atomic mass is 35.5. The monoisotopic (exact) mass is 354 g/mol. The highest BCUT2D eigenvalue weighted by Crippen LogP contribution is 2.23. The fourth-order valence-corrected chi connectivity index (χ4v) is 3.13. The first-order valence-electron chi connectivity index (χ1n) is 8.11. The molecule has 0 fully saturated rings. The number of hydrogen-bond donors (Lipinski definition) is 0. The first-order valence-corrected chi connectivity index (χ1v) is 8.49. The molecule has 0 unspecified atom stereocenters. The summed E-state index contributed by atoms with van der Waals surface area (Å²) in [7, 11) is 0. The number of pyridine rings is 1. The van der Waals surface area contributed by atoms with Crippen molar-refractivity contribution in [3.63, 3.8) is 0 Å². The molecule has 126 valence electrons. The lowest BCUT2D eigenvalue weighted by Crippen LogP contribution is -2.31. The lowest BCUT2D eigenvalue weighted by Gasteiger charge is -2.28. The predicted octanol–water partition coefficient (Wildman–Crippen LogP) is 3.89. The van der Waals surface area contributed by atoms with Gasteiger partial charge in [-0.3, -0.25) is 4.90 Å². The number of nitrogens with zero attached hydrogens (tertiary/aromatic N) is 4. The van der Waals surface area contributed by atoms with E-state index in [0.29, 0.717) is 5.02 Å². The van der Waals surface area contributed by atoms with E-state index in [1.165, 1.54) is 6.07 Å². The first kappa shape index (κ1) is 16.1. The van der Waals surface area contributed by atoms with Crippen LogP contribution in [-0.2, 0) is 19.5 Å². The van der Waals surface area contributed by atoms with Crippen LogP contribution in [0.15, 0.2) is 48.8 Å². The summed E-state index contributed by atoms with van der Waals surface area (Å²) in [6.07, 6.45) is 4.36. The Bertz CT molecular complexity index is 881. The highest BCUT2D eigenvalue weighted by molar-refractivity contribution is 6.30. The zero-order valence-electron chi connectivity index (χ0n) is 13.5. The molecule has 0 aliphatic carbocycles. The van der Waals surface area contributed by atoms with Crippen molar-refractivity contribution in [3.8, 4) is 11.4 Å². The van der Waals surface area contributed by atoms with Crippen LogP contribution in [0.5, 0.6) is 0 Å². The van der Waals surface area contributed by atoms with Gasteiger partial charge in [-0.2, -0.15) is 4.39 Å². The molecule has 1 aromatic carbocycles. The number of benzene rings is 1. The van der Waals surface area contributed by atoms with E-state index < -0.39 is 5.95 Å². The van der Waals surface area contributed by atoms with Crippen LogP contribution in [0.25, 0.3) is 11.4 Å². The quantitative estimate of drug-likeness (QED) is 0.669. The van der Waals surface area contributed by atoms with Crippen molar-refractivity contribution < 1.29 is 4.39 Å². The van der Waals surface area contributed by atoms with Crippen molar-refractivity contribution in [2.24, 2.45) is 0 Å². The second-order valence-electron chi connectivity index (χ2n) is 6.12. The smallest absolute Gasteiger partial charge is 0.212 e. The summed E-state index contributed by atoms with van der Waals surface area (Å²) in [6, 6.07) is 10.7. The summed E-state index contributed by atoms with van der Waals surface area (Å²) in [5.41, 5.74) is 4.20. The second-order valence-corrected chi connectivity index (χ2v) is 6.56. The molecular weight excluding hydrogens is 339 g/mol. The summed E-state index contributed by atoms with van der Waals surface area (Å²) in [4.78, 5) is 15.2. The van der Waals surface area contributed by atoms with Gasteiger partial charge in [0.25, 0.3) is 0 Å². The number of aromatic nitrogens is 3. The van der Waals surface area contributed by atoms with Crippen LogP contribution in [0.3, 0.4) is 0 Å². The Morgan fingerprint density at radius 2 is 1.88 bits per heavy atom. The molecule has 0 bridgehead atoms. The minimum Gasteiger partial charge on any atom is -0.294 e. The van der Waals surface area contributed by atoms with Gasteiger partial charge in [-0.1, -0.05) is 17.7 Å². The van der Waals surface area contributed by atoms with E-state index in [0.717, 1.165) is 54.3 Å². The number of fused-ring (bicyclic) bond motifs is 1. The third-order valence-corrected chi connectivity index (χ3v) is 4.56. The van der Waals surface area contributed by atoms with Gasteiger partial charge in [0.05, 0.1) is 5.69 Å². The van der Waals surface area contributed by atoms with E-state index in [9.17, 15) is 4.39 Å². The molecule has 3 heterocycles. The third-order valence-electron chi connectivity index (χ3n) is 4.31. The summed E-state index contributed by atoms with van der Waals surface area (Å²) < 4.78 is 12.9. The Labute approximate surface area is 150 Å². The lowest BCUT2D eigenvalue weighted by atomic mass is 10.1. The van der Waals surface area contributed by atoms with Gasteiger partial charge in [-0.05, 0) is 35.9 Å². The fourth-order valence-electron chi connectivity index (χ4n) is 3.01. The van der Waals surface area contributed by atoms with Crippen LogP contribution in [0.1, 0.15) is 16.8 Å². The van der Waals surface area contributed by atoms with Crippen molar-refractivity contribution >= 4 is 11.6 Å². The van der Waals surface area contributed by atoms with Crippen LogP contribution in [-0.4, -0.2) is 26.4 Å². The topological polar surface area (TPSA) is 41.9 Å². The van der Waals surface area contributed by atoms with Crippen molar-refractivity contribution in [1.29, 1.82) is 0 Å². The zero-order valence-corrected chi connectivity index (χ0v) is 14.2. The van der Waals surface area contributed by atoms with E-state index in [-0.39, 0.29) is 0 Å². The normalized spacial score (nSPS) is 14.3. The number of hydrogen-bond acceptors (Lipinski definition) is 4. The van der Waals surface area contributed by atoms with Gasteiger partial charge in [0, 0.05) is 54.6 Å². The molecule has 2 aromatic heterocycles. The molecule has 4 nitrogen and oxygen atoms in total. The fraction of sp³-hybridized carbons (Fsp3) is 0.211. The summed E-state index contributed by atoms with van der Waals surface area (Å²) in [6.45, 7) is 2.43. The standard InChI is InChI=1S/C19H16ClFN4/c20-16-4-2-14(3-5-16)19-23-10-15-12-25(8-7-17(15)24-19)11-13-1-6-18(21)22-9-13/h1-6,9-10H,7-8,11-12H2. The molecule has 1 aliphatic heterocycles. The lowest BCUT2D eigenvalue weighted by molar-refractivity contribution is 0.242. The average Bonchev–Trinajstić information content (AvgIpc) is 2.64. The van der Waals surface area contributed by atoms with Crippen LogP contribution < -0.4 is 0 Å². The molecule has 25 heavy (non-hydrogen) atoms. The largest absolute Gasteiger partial charge is 0.294 e. The molecule has 0 saturated heterocycles. The molecule has 1 aliphatic rings. The van der Waals surface area contributed by atoms with Gasteiger partial charge in [-0.25, -0.2) is 15.0 Å². The van der Waals surface area contributed by atoms with Crippen LogP contribution >= 0.6 is 11.6 Å². The van der Waals surface area contributed by atoms with Crippen molar-refractivity contribution in [1.82, 2.24) is 19.9 Å². The van der Waals surface area contributed by atoms with Crippen LogP contribution in [0.4, 0.5) is 4.39 Å². The molecule has 0 saturated carbocycles. The van der Waals surface area contributed by atoms with Gasteiger partial charge >= 0.3 is 0 Å². The van der Waals surface area contributed by atoms with Gasteiger partial charge in [0.1, 0.15) is 0 Å². The van der Waals surface area contributed by atoms with E-state index >= 15 is 0 Å². The molecule has 4 rings (SSSR count). The van der Waals surface area contributed by atoms with E-state index in [2.05, 4.69) is 14.9 Å². The molecule has 0 spiro atoms. The molecule has 0 N–H and O–H groups in total. The number of rotatable bonds is 3. The Kier molecular flexibility index (Phi) is 4.42. The van der Waals surface area contributed by atoms with E-state index in [1.807, 2.05) is 30.5 Å². The highest BCUT2D eigenvalue weighted by Gasteiger charge is 2.19. The van der Waals surface area contributed by atoms with Gasteiger partial charge in [0.15, 0.2) is 5.82 Å². The van der Waals surface area contributed by atoms with Crippen molar-refractivity contribution in [2.45, 2.75) is 19.5 Å². The van der Waals surface area contributed by atoms with Crippen molar-refractivity contribution in [3.05, 3.63) is 76.6 Å². The number of halogens is 2. The minimum absolute atomic E-state index is 0.448. The summed E-state index contributed by atoms with van der Waals surface area (Å²) in [5, 5.41) is 0.702. The molecule has 0 radical (unpaired) electrons. The second kappa shape index (κ2) is 6.86. The molecule has 3 aromatic rings. The maximum Gasteiger partial charge on any atom is 0.212 e. The van der Waals surface area contributed by atoms with Crippen LogP contribution in [0.2, 0.25) is 5.02 Å². The molecule has 0 atom stereocenters. The minimum atomic E-state index is -0.448. The molecule has 0 amide bonds. The van der Waals surface area contributed by atoms with Crippen LogP contribution in [0, 0.1) is 5.95 Å². The van der Waals surface area contributed by atoms with E-state index in [4.69, 9.17) is 16.6 Å². The Morgan fingerprint density at radius 1 is 1.04 bits per heavy atom. The maximum atomic E-state index is 12.9. The Morgan fingerprint density at radius 3 is 2.64 bits per heavy atom. The average molecular weight is 355 g/mol. The first-order chi connectivity index (χ1) is 12.2. The van der Waals surface area contributed by atoms with Gasteiger partial charge in [-0.15, -0.1) is 0 Å². The predicted molar refractivity (Wildman–Crippen MR) is 94.5 cm³/mol. The third kappa shape index (κ3) is 3.67. The van der Waals surface area contributed by atoms with Gasteiger partial charge in [0.2, 0.25) is 5.95 Å².